The monoisotopic (exact) mass is 308 g/mol. The van der Waals surface area contributed by atoms with Crippen molar-refractivity contribution < 1.29 is 19.0 Å². The second-order valence-electron chi connectivity index (χ2n) is 5.74. The smallest absolute Gasteiger partial charge is 0.349 e. The first-order valence-electron chi connectivity index (χ1n) is 6.53. The third-order valence-corrected chi connectivity index (χ3v) is 4.50. The normalized spacial score (nSPS) is 11.4. The van der Waals surface area contributed by atoms with Gasteiger partial charge in [0.15, 0.2) is 4.88 Å². The van der Waals surface area contributed by atoms with Gasteiger partial charge in [-0.2, -0.15) is 0 Å². The fraction of sp³-hybridized carbons (Fsp3) is 0.312. The Morgan fingerprint density at radius 2 is 2.00 bits per heavy atom. The Hall–Kier alpha value is -1.88. The van der Waals surface area contributed by atoms with E-state index in [1.54, 1.807) is 24.3 Å². The van der Waals surface area contributed by atoms with Crippen LogP contribution in [0.15, 0.2) is 30.3 Å². The molecule has 0 aliphatic rings. The van der Waals surface area contributed by atoms with Gasteiger partial charge in [-0.3, -0.25) is 0 Å². The van der Waals surface area contributed by atoms with Crippen LogP contribution in [0.3, 0.4) is 0 Å². The minimum atomic E-state index is -1.03. The van der Waals surface area contributed by atoms with E-state index in [4.69, 9.17) is 4.74 Å². The number of benzene rings is 1. The van der Waals surface area contributed by atoms with Crippen LogP contribution < -0.4 is 4.74 Å². The molecule has 0 spiro atoms. The van der Waals surface area contributed by atoms with E-state index in [0.717, 1.165) is 4.88 Å². The highest BCUT2D eigenvalue weighted by atomic mass is 32.1. The molecular formula is C16H17FO3S. The lowest BCUT2D eigenvalue weighted by Gasteiger charge is -2.15. The quantitative estimate of drug-likeness (QED) is 0.907. The number of ether oxygens (including phenoxy) is 1. The van der Waals surface area contributed by atoms with Gasteiger partial charge in [-0.05, 0) is 17.5 Å². The van der Waals surface area contributed by atoms with E-state index in [-0.39, 0.29) is 22.7 Å². The van der Waals surface area contributed by atoms with E-state index < -0.39 is 5.97 Å². The molecule has 0 aliphatic carbocycles. The highest BCUT2D eigenvalue weighted by Gasteiger charge is 2.23. The van der Waals surface area contributed by atoms with Crippen LogP contribution in [0.2, 0.25) is 0 Å². The molecule has 3 nitrogen and oxygen atoms in total. The summed E-state index contributed by atoms with van der Waals surface area (Å²) in [6.07, 6.45) is 0. The number of hydrogen-bond donors (Lipinski definition) is 1. The molecule has 1 aromatic heterocycles. The number of carbonyl (C=O) groups is 1. The van der Waals surface area contributed by atoms with Crippen molar-refractivity contribution in [3.05, 3.63) is 51.5 Å². The molecule has 0 fully saturated rings. The molecule has 112 valence electrons. The zero-order valence-corrected chi connectivity index (χ0v) is 13.0. The molecule has 2 rings (SSSR count). The third-order valence-electron chi connectivity index (χ3n) is 2.97. The Morgan fingerprint density at radius 3 is 2.57 bits per heavy atom. The summed E-state index contributed by atoms with van der Waals surface area (Å²) in [6.45, 7) is 6.02. The van der Waals surface area contributed by atoms with Gasteiger partial charge in [-0.1, -0.05) is 39.0 Å². The van der Waals surface area contributed by atoms with E-state index >= 15 is 0 Å². The zero-order chi connectivity index (χ0) is 15.6. The van der Waals surface area contributed by atoms with E-state index in [2.05, 4.69) is 0 Å². The number of carboxylic acids is 1. The predicted molar refractivity (Wildman–Crippen MR) is 80.7 cm³/mol. The average molecular weight is 308 g/mol. The summed E-state index contributed by atoms with van der Waals surface area (Å²) in [5.41, 5.74) is 0.242. The first kappa shape index (κ1) is 15.5. The Labute approximate surface area is 127 Å². The van der Waals surface area contributed by atoms with Crippen LogP contribution in [-0.4, -0.2) is 11.1 Å². The van der Waals surface area contributed by atoms with Gasteiger partial charge >= 0.3 is 5.97 Å². The summed E-state index contributed by atoms with van der Waals surface area (Å²) in [7, 11) is 0. The van der Waals surface area contributed by atoms with Crippen molar-refractivity contribution in [3.63, 3.8) is 0 Å². The molecular weight excluding hydrogens is 291 g/mol. The minimum Gasteiger partial charge on any atom is -0.487 e. The average Bonchev–Trinajstić information content (AvgIpc) is 2.82. The predicted octanol–water partition coefficient (Wildman–Crippen LogP) is 4.46. The van der Waals surface area contributed by atoms with Gasteiger partial charge in [0.05, 0.1) is 0 Å². The van der Waals surface area contributed by atoms with Gasteiger partial charge in [-0.25, -0.2) is 9.18 Å². The Kier molecular flexibility index (Phi) is 4.32. The maximum atomic E-state index is 13.6. The van der Waals surface area contributed by atoms with Crippen LogP contribution in [-0.2, 0) is 12.0 Å². The Morgan fingerprint density at radius 1 is 1.33 bits per heavy atom. The lowest BCUT2D eigenvalue weighted by molar-refractivity contribution is 0.0697. The van der Waals surface area contributed by atoms with E-state index in [1.165, 1.54) is 17.4 Å². The maximum absolute atomic E-state index is 13.6. The van der Waals surface area contributed by atoms with Crippen molar-refractivity contribution in [2.24, 2.45) is 0 Å². The molecule has 0 unspecified atom stereocenters. The number of hydrogen-bond acceptors (Lipinski definition) is 3. The van der Waals surface area contributed by atoms with Crippen molar-refractivity contribution in [2.75, 3.05) is 0 Å². The van der Waals surface area contributed by atoms with Crippen LogP contribution >= 0.6 is 11.3 Å². The summed E-state index contributed by atoms with van der Waals surface area (Å²) in [4.78, 5) is 12.4. The number of halogens is 1. The topological polar surface area (TPSA) is 46.5 Å². The lowest BCUT2D eigenvalue weighted by atomic mass is 9.95. The van der Waals surface area contributed by atoms with Crippen LogP contribution in [0.5, 0.6) is 5.75 Å². The standard InChI is InChI=1S/C16H17FO3S/c1-16(2,3)13-8-12(14(21-13)15(18)19)20-9-10-6-4-5-7-11(10)17/h4-8H,9H2,1-3H3,(H,18,19). The maximum Gasteiger partial charge on any atom is 0.349 e. The molecule has 1 heterocycles. The molecule has 21 heavy (non-hydrogen) atoms. The summed E-state index contributed by atoms with van der Waals surface area (Å²) in [5.74, 6) is -1.10. The molecule has 5 heteroatoms. The Balaban J connectivity index is 2.25. The third kappa shape index (κ3) is 3.61. The van der Waals surface area contributed by atoms with E-state index in [9.17, 15) is 14.3 Å². The van der Waals surface area contributed by atoms with E-state index in [0.29, 0.717) is 11.3 Å². The minimum absolute atomic E-state index is 0.00721. The zero-order valence-electron chi connectivity index (χ0n) is 12.1. The van der Waals surface area contributed by atoms with Gasteiger partial charge in [0, 0.05) is 10.4 Å². The summed E-state index contributed by atoms with van der Waals surface area (Å²) in [5, 5.41) is 9.25. The molecule has 0 saturated heterocycles. The van der Waals surface area contributed by atoms with Crippen molar-refractivity contribution >= 4 is 17.3 Å². The van der Waals surface area contributed by atoms with Gasteiger partial charge in [-0.15, -0.1) is 11.3 Å². The highest BCUT2D eigenvalue weighted by molar-refractivity contribution is 7.14. The van der Waals surface area contributed by atoms with Crippen LogP contribution in [0.25, 0.3) is 0 Å². The molecule has 0 saturated carbocycles. The van der Waals surface area contributed by atoms with Crippen molar-refractivity contribution in [3.8, 4) is 5.75 Å². The second-order valence-corrected chi connectivity index (χ2v) is 6.79. The summed E-state index contributed by atoms with van der Waals surface area (Å²) in [6, 6.07) is 8.02. The van der Waals surface area contributed by atoms with Crippen LogP contribution in [0.4, 0.5) is 4.39 Å². The van der Waals surface area contributed by atoms with Crippen molar-refractivity contribution in [1.82, 2.24) is 0 Å². The van der Waals surface area contributed by atoms with Crippen molar-refractivity contribution in [2.45, 2.75) is 32.8 Å². The van der Waals surface area contributed by atoms with Gasteiger partial charge in [0.2, 0.25) is 0 Å². The number of aromatic carboxylic acids is 1. The lowest BCUT2D eigenvalue weighted by Crippen LogP contribution is -2.08. The summed E-state index contributed by atoms with van der Waals surface area (Å²) >= 11 is 1.20. The molecule has 2 aromatic rings. The molecule has 0 bridgehead atoms. The molecule has 0 radical (unpaired) electrons. The fourth-order valence-electron chi connectivity index (χ4n) is 1.77. The van der Waals surface area contributed by atoms with Crippen LogP contribution in [0, 0.1) is 5.82 Å². The van der Waals surface area contributed by atoms with Gasteiger partial charge < -0.3 is 9.84 Å². The van der Waals surface area contributed by atoms with Gasteiger partial charge in [0.25, 0.3) is 0 Å². The largest absolute Gasteiger partial charge is 0.487 e. The SMILES string of the molecule is CC(C)(C)c1cc(OCc2ccccc2F)c(C(=O)O)s1. The first-order chi connectivity index (χ1) is 9.79. The van der Waals surface area contributed by atoms with Crippen LogP contribution in [0.1, 0.15) is 40.9 Å². The molecule has 1 N–H and O–H groups in total. The van der Waals surface area contributed by atoms with E-state index in [1.807, 2.05) is 20.8 Å². The number of carboxylic acid groups (broad SMARTS) is 1. The first-order valence-corrected chi connectivity index (χ1v) is 7.34. The van der Waals surface area contributed by atoms with Gasteiger partial charge in [0.1, 0.15) is 18.2 Å². The number of thiophene rings is 1. The fourth-order valence-corrected chi connectivity index (χ4v) is 2.77. The molecule has 0 amide bonds. The molecule has 0 aliphatic heterocycles. The number of rotatable bonds is 4. The summed E-state index contributed by atoms with van der Waals surface area (Å²) < 4.78 is 19.1. The second kappa shape index (κ2) is 5.85. The Bertz CT molecular complexity index is 656. The molecule has 0 atom stereocenters. The highest BCUT2D eigenvalue weighted by Crippen LogP contribution is 2.37. The van der Waals surface area contributed by atoms with Crippen molar-refractivity contribution in [1.29, 1.82) is 0 Å². The molecule has 1 aromatic carbocycles.